The lowest BCUT2D eigenvalue weighted by Gasteiger charge is -2.28. The number of aromatic amines is 1. The molecule has 2 aromatic rings. The first kappa shape index (κ1) is 18.1. The number of rotatable bonds is 1. The highest BCUT2D eigenvalue weighted by Gasteiger charge is 2.38. The van der Waals surface area contributed by atoms with E-state index in [4.69, 9.17) is 10.5 Å². The summed E-state index contributed by atoms with van der Waals surface area (Å²) in [5.41, 5.74) is 10.5. The smallest absolute Gasteiger partial charge is 0.244 e. The Hall–Kier alpha value is -2.74. The summed E-state index contributed by atoms with van der Waals surface area (Å²) in [5.74, 6) is 0.291. The number of fused-ring (bicyclic) bond motifs is 1. The zero-order chi connectivity index (χ0) is 19.3. The fraction of sp³-hybridized carbons (Fsp3) is 0.429. The molecule has 1 aliphatic rings. The predicted octanol–water partition coefficient (Wildman–Crippen LogP) is 4.22. The maximum atomic E-state index is 9.74. The van der Waals surface area contributed by atoms with Crippen molar-refractivity contribution in [3.8, 4) is 11.9 Å². The fourth-order valence-electron chi connectivity index (χ4n) is 3.33. The number of nitrogens with two attached hydrogens (primary N) is 1. The molecule has 0 spiro atoms. The van der Waals surface area contributed by atoms with E-state index in [-0.39, 0.29) is 22.6 Å². The number of H-pyrrole nitrogens is 1. The van der Waals surface area contributed by atoms with E-state index in [0.717, 1.165) is 16.8 Å². The van der Waals surface area contributed by atoms with Crippen molar-refractivity contribution in [2.24, 2.45) is 5.73 Å². The molecule has 2 heterocycles. The number of hydrogen-bond acceptors (Lipinski definition) is 4. The van der Waals surface area contributed by atoms with Crippen LogP contribution in [-0.2, 0) is 10.8 Å². The van der Waals surface area contributed by atoms with Crippen molar-refractivity contribution in [3.63, 3.8) is 0 Å². The predicted molar refractivity (Wildman–Crippen MR) is 102 cm³/mol. The van der Waals surface area contributed by atoms with Crippen molar-refractivity contribution >= 4 is 0 Å². The fourth-order valence-corrected chi connectivity index (χ4v) is 3.33. The van der Waals surface area contributed by atoms with Gasteiger partial charge in [0.05, 0.1) is 11.5 Å². The van der Waals surface area contributed by atoms with E-state index >= 15 is 0 Å². The molecule has 1 aromatic heterocycles. The third-order valence-electron chi connectivity index (χ3n) is 4.80. The molecule has 3 N–H and O–H groups in total. The summed E-state index contributed by atoms with van der Waals surface area (Å²) in [5, 5.41) is 17.1. The van der Waals surface area contributed by atoms with Gasteiger partial charge in [-0.3, -0.25) is 5.10 Å². The minimum Gasteiger partial charge on any atom is -0.420 e. The molecule has 0 saturated carbocycles. The van der Waals surface area contributed by atoms with Gasteiger partial charge in [0.15, 0.2) is 0 Å². The van der Waals surface area contributed by atoms with Crippen LogP contribution in [0.4, 0.5) is 0 Å². The molecule has 0 aliphatic carbocycles. The van der Waals surface area contributed by atoms with Crippen LogP contribution < -0.4 is 10.5 Å². The number of nitrogens with zero attached hydrogens (tertiary/aromatic N) is 2. The molecular formula is C21H26N4O. The Bertz CT molecular complexity index is 899. The minimum absolute atomic E-state index is 0.0680. The molecule has 0 bridgehead atoms. The number of nitrogens with one attached hydrogen (secondary N) is 1. The van der Waals surface area contributed by atoms with E-state index in [1.54, 1.807) is 0 Å². The van der Waals surface area contributed by atoms with Gasteiger partial charge in [0.1, 0.15) is 11.6 Å². The molecule has 0 saturated heterocycles. The lowest BCUT2D eigenvalue weighted by atomic mass is 9.78. The van der Waals surface area contributed by atoms with E-state index in [0.29, 0.717) is 11.5 Å². The zero-order valence-corrected chi connectivity index (χ0v) is 16.3. The van der Waals surface area contributed by atoms with Gasteiger partial charge in [-0.25, -0.2) is 0 Å². The first-order valence-electron chi connectivity index (χ1n) is 8.81. The highest BCUT2D eigenvalue weighted by molar-refractivity contribution is 5.56. The summed E-state index contributed by atoms with van der Waals surface area (Å²) in [4.78, 5) is 0. The van der Waals surface area contributed by atoms with Gasteiger partial charge in [0, 0.05) is 11.1 Å². The van der Waals surface area contributed by atoms with E-state index in [2.05, 4.69) is 82.1 Å². The molecule has 26 heavy (non-hydrogen) atoms. The molecule has 0 unspecified atom stereocenters. The van der Waals surface area contributed by atoms with E-state index < -0.39 is 0 Å². The molecule has 1 atom stereocenters. The van der Waals surface area contributed by atoms with Gasteiger partial charge >= 0.3 is 0 Å². The topological polar surface area (TPSA) is 87.7 Å². The monoisotopic (exact) mass is 350 g/mol. The van der Waals surface area contributed by atoms with Crippen molar-refractivity contribution in [2.75, 3.05) is 0 Å². The highest BCUT2D eigenvalue weighted by Crippen LogP contribution is 2.45. The maximum absolute atomic E-state index is 9.74. The Labute approximate surface area is 154 Å². The molecule has 1 aromatic carbocycles. The lowest BCUT2D eigenvalue weighted by Crippen LogP contribution is -2.24. The standard InChI is InChI=1S/C21H26N4O/c1-20(2,3)13-9-7-12(8-10-13)15-14(11-22)18(23)26-19-16(15)17(24-25-19)21(4,5)6/h7-10,15H,23H2,1-6H3,(H,24,25)/t15-/m1/s1. The normalized spacial score (nSPS) is 17.5. The summed E-state index contributed by atoms with van der Waals surface area (Å²) in [6.45, 7) is 12.9. The minimum atomic E-state index is -0.286. The maximum Gasteiger partial charge on any atom is 0.244 e. The van der Waals surface area contributed by atoms with Crippen LogP contribution in [0.15, 0.2) is 35.7 Å². The number of nitriles is 1. The van der Waals surface area contributed by atoms with Gasteiger partial charge in [-0.15, -0.1) is 5.10 Å². The Balaban J connectivity index is 2.19. The van der Waals surface area contributed by atoms with Crippen LogP contribution in [-0.4, -0.2) is 10.2 Å². The number of benzene rings is 1. The molecular weight excluding hydrogens is 324 g/mol. The van der Waals surface area contributed by atoms with Gasteiger partial charge in [0.2, 0.25) is 11.8 Å². The summed E-state index contributed by atoms with van der Waals surface area (Å²) in [6, 6.07) is 10.6. The number of ether oxygens (including phenoxy) is 1. The molecule has 0 radical (unpaired) electrons. The highest BCUT2D eigenvalue weighted by atomic mass is 16.5. The van der Waals surface area contributed by atoms with Crippen molar-refractivity contribution in [2.45, 2.75) is 58.3 Å². The SMILES string of the molecule is CC(C)(C)c1ccc([C@@H]2C(C#N)=C(N)Oc3n[nH]c(C(C)(C)C)c32)cc1. The average Bonchev–Trinajstić information content (AvgIpc) is 2.96. The first-order valence-corrected chi connectivity index (χ1v) is 8.81. The third-order valence-corrected chi connectivity index (χ3v) is 4.80. The molecule has 0 amide bonds. The van der Waals surface area contributed by atoms with Gasteiger partial charge in [-0.05, 0) is 16.5 Å². The van der Waals surface area contributed by atoms with Crippen molar-refractivity contribution < 1.29 is 4.74 Å². The molecule has 0 fully saturated rings. The van der Waals surface area contributed by atoms with Crippen molar-refractivity contribution in [1.82, 2.24) is 10.2 Å². The van der Waals surface area contributed by atoms with Crippen molar-refractivity contribution in [1.29, 1.82) is 5.26 Å². The summed E-state index contributed by atoms with van der Waals surface area (Å²) < 4.78 is 5.63. The van der Waals surface area contributed by atoms with Crippen LogP contribution in [0.5, 0.6) is 5.88 Å². The largest absolute Gasteiger partial charge is 0.420 e. The quantitative estimate of drug-likeness (QED) is 0.806. The molecule has 136 valence electrons. The Kier molecular flexibility index (Phi) is 4.11. The second-order valence-electron chi connectivity index (χ2n) is 8.86. The Morgan fingerprint density at radius 2 is 1.69 bits per heavy atom. The Morgan fingerprint density at radius 1 is 1.08 bits per heavy atom. The number of allylic oxidation sites excluding steroid dienone is 1. The summed E-state index contributed by atoms with van der Waals surface area (Å²) in [7, 11) is 0. The van der Waals surface area contributed by atoms with Gasteiger partial charge in [0.25, 0.3) is 0 Å². The average molecular weight is 350 g/mol. The van der Waals surface area contributed by atoms with Gasteiger partial charge in [-0.1, -0.05) is 65.8 Å². The van der Waals surface area contributed by atoms with Crippen LogP contribution in [0.25, 0.3) is 0 Å². The van der Waals surface area contributed by atoms with Gasteiger partial charge < -0.3 is 10.5 Å². The zero-order valence-electron chi connectivity index (χ0n) is 16.3. The Morgan fingerprint density at radius 3 is 2.19 bits per heavy atom. The van der Waals surface area contributed by atoms with Crippen LogP contribution in [0.2, 0.25) is 0 Å². The van der Waals surface area contributed by atoms with E-state index in [9.17, 15) is 5.26 Å². The van der Waals surface area contributed by atoms with Crippen LogP contribution >= 0.6 is 0 Å². The number of hydrogen-bond donors (Lipinski definition) is 2. The molecule has 1 aliphatic heterocycles. The third kappa shape index (κ3) is 2.96. The molecule has 5 heteroatoms. The first-order chi connectivity index (χ1) is 12.0. The lowest BCUT2D eigenvalue weighted by molar-refractivity contribution is 0.378. The molecule has 5 nitrogen and oxygen atoms in total. The van der Waals surface area contributed by atoms with Crippen molar-refractivity contribution in [3.05, 3.63) is 58.1 Å². The van der Waals surface area contributed by atoms with Gasteiger partial charge in [-0.2, -0.15) is 5.26 Å². The summed E-state index contributed by atoms with van der Waals surface area (Å²) in [6.07, 6.45) is 0. The van der Waals surface area contributed by atoms with Crippen LogP contribution in [0, 0.1) is 11.3 Å². The number of aromatic nitrogens is 2. The van der Waals surface area contributed by atoms with Crippen LogP contribution in [0.1, 0.15) is 69.8 Å². The molecule has 3 rings (SSSR count). The second-order valence-corrected chi connectivity index (χ2v) is 8.86. The van der Waals surface area contributed by atoms with E-state index in [1.807, 2.05) is 0 Å². The summed E-state index contributed by atoms with van der Waals surface area (Å²) >= 11 is 0. The van der Waals surface area contributed by atoms with Crippen LogP contribution in [0.3, 0.4) is 0 Å². The van der Waals surface area contributed by atoms with E-state index in [1.165, 1.54) is 5.56 Å². The second kappa shape index (κ2) is 5.91.